The van der Waals surface area contributed by atoms with Crippen molar-refractivity contribution in [3.8, 4) is 57.2 Å². The molecule has 3 aromatic carbocycles. The first-order chi connectivity index (χ1) is 31.3. The van der Waals surface area contributed by atoms with Gasteiger partial charge in [-0.15, -0.1) is 0 Å². The Morgan fingerprint density at radius 2 is 0.831 bits per heavy atom. The minimum atomic E-state index is -0.820. The summed E-state index contributed by atoms with van der Waals surface area (Å²) in [7, 11) is 0. The Hall–Kier alpha value is -4.29. The van der Waals surface area contributed by atoms with Crippen LogP contribution in [0, 0.1) is 32.6 Å². The van der Waals surface area contributed by atoms with Crippen molar-refractivity contribution >= 4 is 0 Å². The zero-order valence-corrected chi connectivity index (χ0v) is 40.7. The molecule has 2 atom stereocenters. The molecular formula is C54H81N3O8. The molecule has 0 amide bonds. The Labute approximate surface area is 390 Å². The summed E-state index contributed by atoms with van der Waals surface area (Å²) in [5.74, 6) is 2.87. The van der Waals surface area contributed by atoms with Gasteiger partial charge in [0.1, 0.15) is 48.4 Å². The maximum atomic E-state index is 11.3. The fraction of sp³-hybridized carbons (Fsp3) is 0.611. The molecule has 1 heterocycles. The second-order valence-electron chi connectivity index (χ2n) is 18.8. The number of aromatic hydroxyl groups is 2. The number of nitrogens with zero attached hydrogens (tertiary/aromatic N) is 3. The molecule has 0 bridgehead atoms. The van der Waals surface area contributed by atoms with Gasteiger partial charge in [0.15, 0.2) is 17.5 Å². The van der Waals surface area contributed by atoms with E-state index in [4.69, 9.17) is 33.9 Å². The van der Waals surface area contributed by atoms with Gasteiger partial charge in [-0.05, 0) is 80.8 Å². The van der Waals surface area contributed by atoms with Gasteiger partial charge in [-0.25, -0.2) is 15.0 Å². The monoisotopic (exact) mass is 900 g/mol. The molecule has 0 fully saturated rings. The molecule has 4 rings (SSSR count). The summed E-state index contributed by atoms with van der Waals surface area (Å²) >= 11 is 0. The first kappa shape index (κ1) is 53.3. The molecule has 0 aliphatic carbocycles. The molecule has 4 N–H and O–H groups in total. The Bertz CT molecular complexity index is 1840. The zero-order valence-electron chi connectivity index (χ0n) is 40.7. The Morgan fingerprint density at radius 3 is 1.22 bits per heavy atom. The number of aryl methyl sites for hydroxylation is 3. The van der Waals surface area contributed by atoms with Crippen LogP contribution in [0.5, 0.6) is 23.0 Å². The van der Waals surface area contributed by atoms with E-state index in [-0.39, 0.29) is 49.6 Å². The molecule has 0 radical (unpaired) electrons. The third-order valence-electron chi connectivity index (χ3n) is 11.6. The van der Waals surface area contributed by atoms with Gasteiger partial charge in [-0.1, -0.05) is 135 Å². The topological polar surface area (TPSA) is 157 Å². The maximum Gasteiger partial charge on any atom is 0.167 e. The third kappa shape index (κ3) is 20.0. The number of hydrogen-bond acceptors (Lipinski definition) is 11. The maximum absolute atomic E-state index is 11.3. The molecule has 11 nitrogen and oxygen atoms in total. The molecule has 2 unspecified atom stereocenters. The average Bonchev–Trinajstić information content (AvgIpc) is 3.25. The Kier molecular flexibility index (Phi) is 24.1. The van der Waals surface area contributed by atoms with Crippen LogP contribution in [0.25, 0.3) is 34.2 Å². The molecule has 4 aromatic rings. The summed E-state index contributed by atoms with van der Waals surface area (Å²) in [4.78, 5) is 14.4. The molecule has 1 aromatic heterocycles. The van der Waals surface area contributed by atoms with E-state index in [0.29, 0.717) is 41.7 Å². The van der Waals surface area contributed by atoms with Gasteiger partial charge < -0.3 is 39.4 Å². The van der Waals surface area contributed by atoms with Crippen molar-refractivity contribution in [2.24, 2.45) is 11.8 Å². The van der Waals surface area contributed by atoms with Gasteiger partial charge in [0.2, 0.25) is 0 Å². The molecule has 11 heteroatoms. The second-order valence-corrected chi connectivity index (χ2v) is 18.8. The molecule has 0 aliphatic rings. The van der Waals surface area contributed by atoms with Crippen LogP contribution in [-0.4, -0.2) is 87.2 Å². The van der Waals surface area contributed by atoms with Crippen molar-refractivity contribution in [1.29, 1.82) is 0 Å². The quantitative estimate of drug-likeness (QED) is 0.0338. The third-order valence-corrected chi connectivity index (χ3v) is 11.6. The number of hydrogen-bond donors (Lipinski definition) is 4. The SMILES string of the molecule is Cc1cc(C)c(-c2nc(-c3ccc(OCC(O)COCCCCCCCCCC(C)C)cc3O)nc(-c3ccc(OCC(O)COCCCCCCCCCC(C)C)cc3O)n2)c(C)c1. The number of aromatic nitrogens is 3. The van der Waals surface area contributed by atoms with E-state index in [1.807, 2.05) is 20.8 Å². The van der Waals surface area contributed by atoms with Crippen molar-refractivity contribution in [3.63, 3.8) is 0 Å². The van der Waals surface area contributed by atoms with Crippen LogP contribution in [0.15, 0.2) is 48.5 Å². The summed E-state index contributed by atoms with van der Waals surface area (Å²) < 4.78 is 23.1. The molecular weight excluding hydrogens is 819 g/mol. The lowest BCUT2D eigenvalue weighted by atomic mass is 9.99. The highest BCUT2D eigenvalue weighted by Gasteiger charge is 2.20. The predicted molar refractivity (Wildman–Crippen MR) is 262 cm³/mol. The minimum Gasteiger partial charge on any atom is -0.507 e. The average molecular weight is 900 g/mol. The van der Waals surface area contributed by atoms with E-state index >= 15 is 0 Å². The number of phenolic OH excluding ortho intramolecular Hbond substituents is 2. The normalized spacial score (nSPS) is 12.6. The van der Waals surface area contributed by atoms with Gasteiger partial charge in [-0.2, -0.15) is 0 Å². The number of aliphatic hydroxyl groups excluding tert-OH is 2. The lowest BCUT2D eigenvalue weighted by molar-refractivity contribution is 0.0109. The smallest absolute Gasteiger partial charge is 0.167 e. The highest BCUT2D eigenvalue weighted by Crippen LogP contribution is 2.37. The first-order valence-electron chi connectivity index (χ1n) is 24.6. The lowest BCUT2D eigenvalue weighted by Gasteiger charge is -2.16. The van der Waals surface area contributed by atoms with Crippen LogP contribution in [0.3, 0.4) is 0 Å². The van der Waals surface area contributed by atoms with Crippen LogP contribution in [-0.2, 0) is 9.47 Å². The molecule has 65 heavy (non-hydrogen) atoms. The van der Waals surface area contributed by atoms with Crippen molar-refractivity contribution < 1.29 is 39.4 Å². The van der Waals surface area contributed by atoms with E-state index in [0.717, 1.165) is 59.8 Å². The van der Waals surface area contributed by atoms with Gasteiger partial charge in [0.25, 0.3) is 0 Å². The van der Waals surface area contributed by atoms with Crippen molar-refractivity contribution in [2.75, 3.05) is 39.6 Å². The van der Waals surface area contributed by atoms with E-state index < -0.39 is 12.2 Å². The van der Waals surface area contributed by atoms with E-state index in [1.165, 1.54) is 89.2 Å². The molecule has 0 saturated carbocycles. The summed E-state index contributed by atoms with van der Waals surface area (Å²) in [6.07, 6.45) is 18.0. The highest BCUT2D eigenvalue weighted by molar-refractivity contribution is 5.74. The Morgan fingerprint density at radius 1 is 0.462 bits per heavy atom. The zero-order chi connectivity index (χ0) is 47.0. The second kappa shape index (κ2) is 29.4. The first-order valence-corrected chi connectivity index (χ1v) is 24.6. The number of benzene rings is 3. The highest BCUT2D eigenvalue weighted by atomic mass is 16.5. The Balaban J connectivity index is 1.32. The number of rotatable bonds is 33. The van der Waals surface area contributed by atoms with Crippen molar-refractivity contribution in [2.45, 2.75) is 163 Å². The fourth-order valence-corrected chi connectivity index (χ4v) is 8.04. The number of phenols is 2. The van der Waals surface area contributed by atoms with Crippen molar-refractivity contribution in [1.82, 2.24) is 15.0 Å². The molecule has 360 valence electrons. The van der Waals surface area contributed by atoms with Gasteiger partial charge in [0, 0.05) is 30.9 Å². The van der Waals surface area contributed by atoms with E-state index in [1.54, 1.807) is 24.3 Å². The molecule has 0 spiro atoms. The van der Waals surface area contributed by atoms with Crippen LogP contribution in [0.2, 0.25) is 0 Å². The van der Waals surface area contributed by atoms with Gasteiger partial charge in [-0.3, -0.25) is 0 Å². The lowest BCUT2D eigenvalue weighted by Crippen LogP contribution is -2.23. The minimum absolute atomic E-state index is 0.00589. The van der Waals surface area contributed by atoms with Gasteiger partial charge in [0.05, 0.1) is 24.3 Å². The standard InChI is InChI=1S/C54H81N3O8/c1-38(2)22-18-14-10-8-12-16-20-28-62-34-43(58)36-64-45-24-26-47(49(60)32-45)52-55-53(57-54(56-52)51-41(6)30-40(5)31-42(51)7)48-27-25-46(33-50(48)61)65-37-44(59)35-63-29-21-17-13-9-11-15-19-23-39(3)4/h24-27,30-33,38-39,43-44,58-61H,8-23,28-29,34-37H2,1-7H3. The molecule has 0 saturated heterocycles. The van der Waals surface area contributed by atoms with Crippen LogP contribution in [0.4, 0.5) is 0 Å². The number of unbranched alkanes of at least 4 members (excludes halogenated alkanes) is 12. The number of aliphatic hydroxyl groups is 2. The summed E-state index contributed by atoms with van der Waals surface area (Å²) in [5, 5.41) is 43.6. The summed E-state index contributed by atoms with van der Waals surface area (Å²) in [6, 6.07) is 13.8. The summed E-state index contributed by atoms with van der Waals surface area (Å²) in [5.41, 5.74) is 4.56. The largest absolute Gasteiger partial charge is 0.507 e. The predicted octanol–water partition coefficient (Wildman–Crippen LogP) is 12.3. The van der Waals surface area contributed by atoms with Crippen LogP contribution in [0.1, 0.15) is 147 Å². The van der Waals surface area contributed by atoms with E-state index in [2.05, 4.69) is 39.8 Å². The van der Waals surface area contributed by atoms with Crippen molar-refractivity contribution in [3.05, 3.63) is 65.2 Å². The molecule has 0 aliphatic heterocycles. The fourth-order valence-electron chi connectivity index (χ4n) is 8.04. The van der Waals surface area contributed by atoms with Crippen LogP contribution < -0.4 is 9.47 Å². The number of ether oxygens (including phenoxy) is 4. The summed E-state index contributed by atoms with van der Waals surface area (Å²) in [6.45, 7) is 16.7. The van der Waals surface area contributed by atoms with Crippen LogP contribution >= 0.6 is 0 Å². The van der Waals surface area contributed by atoms with Gasteiger partial charge >= 0.3 is 0 Å². The van der Waals surface area contributed by atoms with E-state index in [9.17, 15) is 20.4 Å².